The number of nitrogens with zero attached hydrogens (tertiary/aromatic N) is 2. The summed E-state index contributed by atoms with van der Waals surface area (Å²) in [7, 11) is 1.69. The molecule has 1 aromatic rings. The van der Waals surface area contributed by atoms with Gasteiger partial charge in [0, 0.05) is 19.8 Å². The molecule has 0 atom stereocenters. The van der Waals surface area contributed by atoms with Crippen LogP contribution in [0.25, 0.3) is 0 Å². The number of pyridine rings is 1. The monoisotopic (exact) mass is 291 g/mol. The second-order valence-corrected chi connectivity index (χ2v) is 4.70. The zero-order valence-corrected chi connectivity index (χ0v) is 12.9. The van der Waals surface area contributed by atoms with E-state index in [-0.39, 0.29) is 12.5 Å². The molecule has 1 aromatic heterocycles. The van der Waals surface area contributed by atoms with Crippen molar-refractivity contribution < 1.29 is 4.79 Å². The molecular formula is C15H25N5O. The van der Waals surface area contributed by atoms with Crippen molar-refractivity contribution in [3.63, 3.8) is 0 Å². The van der Waals surface area contributed by atoms with Crippen LogP contribution in [-0.4, -0.2) is 37.0 Å². The Kier molecular flexibility index (Phi) is 8.59. The van der Waals surface area contributed by atoms with Crippen LogP contribution in [0.4, 0.5) is 5.69 Å². The maximum Gasteiger partial charge on any atom is 0.243 e. The fourth-order valence-corrected chi connectivity index (χ4v) is 1.79. The Labute approximate surface area is 126 Å². The second kappa shape index (κ2) is 10.7. The van der Waals surface area contributed by atoms with Crippen LogP contribution in [-0.2, 0) is 4.79 Å². The molecule has 0 saturated heterocycles. The number of amides is 1. The Morgan fingerprint density at radius 3 is 2.81 bits per heavy atom. The molecule has 21 heavy (non-hydrogen) atoms. The van der Waals surface area contributed by atoms with E-state index in [0.29, 0.717) is 11.6 Å². The van der Waals surface area contributed by atoms with Crippen LogP contribution < -0.4 is 16.0 Å². The number of aliphatic imine (C=N–C) groups is 1. The van der Waals surface area contributed by atoms with Gasteiger partial charge in [-0.25, -0.2) is 0 Å². The smallest absolute Gasteiger partial charge is 0.243 e. The van der Waals surface area contributed by atoms with Gasteiger partial charge < -0.3 is 16.0 Å². The first-order valence-corrected chi connectivity index (χ1v) is 7.40. The maximum atomic E-state index is 11.8. The molecule has 0 aromatic carbocycles. The van der Waals surface area contributed by atoms with Gasteiger partial charge in [-0.1, -0.05) is 26.2 Å². The van der Waals surface area contributed by atoms with E-state index in [1.54, 1.807) is 31.6 Å². The topological polar surface area (TPSA) is 78.4 Å². The van der Waals surface area contributed by atoms with Gasteiger partial charge in [0.05, 0.1) is 18.4 Å². The summed E-state index contributed by atoms with van der Waals surface area (Å²) in [5, 5.41) is 8.94. The molecule has 0 spiro atoms. The van der Waals surface area contributed by atoms with Crippen molar-refractivity contribution in [2.24, 2.45) is 4.99 Å². The first kappa shape index (κ1) is 16.9. The number of nitrogens with one attached hydrogen (secondary N) is 3. The molecule has 0 bridgehead atoms. The third-order valence-corrected chi connectivity index (χ3v) is 2.91. The first-order chi connectivity index (χ1) is 10.3. The van der Waals surface area contributed by atoms with Gasteiger partial charge in [-0.3, -0.25) is 14.8 Å². The summed E-state index contributed by atoms with van der Waals surface area (Å²) in [4.78, 5) is 19.8. The number of hydrogen-bond donors (Lipinski definition) is 3. The van der Waals surface area contributed by atoms with Crippen LogP contribution in [0.3, 0.4) is 0 Å². The molecule has 0 fully saturated rings. The van der Waals surface area contributed by atoms with E-state index < -0.39 is 0 Å². The molecule has 6 nitrogen and oxygen atoms in total. The van der Waals surface area contributed by atoms with Gasteiger partial charge in [-0.05, 0) is 18.6 Å². The van der Waals surface area contributed by atoms with Crippen molar-refractivity contribution in [3.8, 4) is 0 Å². The van der Waals surface area contributed by atoms with Gasteiger partial charge in [0.25, 0.3) is 0 Å². The predicted octanol–water partition coefficient (Wildman–Crippen LogP) is 1.77. The molecule has 0 aliphatic heterocycles. The molecule has 116 valence electrons. The van der Waals surface area contributed by atoms with Gasteiger partial charge in [-0.15, -0.1) is 0 Å². The Bertz CT molecular complexity index is 433. The van der Waals surface area contributed by atoms with E-state index in [0.717, 1.165) is 13.0 Å². The minimum atomic E-state index is -0.128. The largest absolute Gasteiger partial charge is 0.356 e. The SMILES string of the molecule is CCCCCCNC(=NC)NCC(=O)Nc1cccnc1. The lowest BCUT2D eigenvalue weighted by Crippen LogP contribution is -2.41. The van der Waals surface area contributed by atoms with E-state index >= 15 is 0 Å². The molecule has 0 unspecified atom stereocenters. The third-order valence-electron chi connectivity index (χ3n) is 2.91. The molecule has 1 amide bonds. The average molecular weight is 291 g/mol. The van der Waals surface area contributed by atoms with Crippen LogP contribution in [0.2, 0.25) is 0 Å². The summed E-state index contributed by atoms with van der Waals surface area (Å²) in [6, 6.07) is 3.57. The van der Waals surface area contributed by atoms with Crippen molar-refractivity contribution in [2.75, 3.05) is 25.5 Å². The predicted molar refractivity (Wildman–Crippen MR) is 86.4 cm³/mol. The molecule has 0 aliphatic carbocycles. The van der Waals surface area contributed by atoms with Crippen molar-refractivity contribution in [1.29, 1.82) is 0 Å². The zero-order chi connectivity index (χ0) is 15.3. The fourth-order valence-electron chi connectivity index (χ4n) is 1.79. The van der Waals surface area contributed by atoms with E-state index in [1.165, 1.54) is 19.3 Å². The van der Waals surface area contributed by atoms with E-state index in [1.807, 2.05) is 0 Å². The lowest BCUT2D eigenvalue weighted by atomic mass is 10.2. The lowest BCUT2D eigenvalue weighted by molar-refractivity contribution is -0.115. The summed E-state index contributed by atoms with van der Waals surface area (Å²) < 4.78 is 0. The zero-order valence-electron chi connectivity index (χ0n) is 12.9. The van der Waals surface area contributed by atoms with Crippen LogP contribution in [0.1, 0.15) is 32.6 Å². The van der Waals surface area contributed by atoms with E-state index in [4.69, 9.17) is 0 Å². The van der Waals surface area contributed by atoms with Crippen molar-refractivity contribution in [3.05, 3.63) is 24.5 Å². The number of hydrogen-bond acceptors (Lipinski definition) is 3. The van der Waals surface area contributed by atoms with Gasteiger partial charge in [-0.2, -0.15) is 0 Å². The van der Waals surface area contributed by atoms with Crippen molar-refractivity contribution >= 4 is 17.6 Å². The summed E-state index contributed by atoms with van der Waals surface area (Å²) in [5.74, 6) is 0.518. The summed E-state index contributed by atoms with van der Waals surface area (Å²) in [6.45, 7) is 3.22. The molecule has 0 radical (unpaired) electrons. The van der Waals surface area contributed by atoms with Crippen LogP contribution in [0, 0.1) is 0 Å². The van der Waals surface area contributed by atoms with Gasteiger partial charge in [0.1, 0.15) is 0 Å². The molecular weight excluding hydrogens is 266 g/mol. The average Bonchev–Trinajstić information content (AvgIpc) is 2.51. The molecule has 0 aliphatic rings. The van der Waals surface area contributed by atoms with E-state index in [2.05, 4.69) is 32.9 Å². The molecule has 1 rings (SSSR count). The van der Waals surface area contributed by atoms with Gasteiger partial charge >= 0.3 is 0 Å². The highest BCUT2D eigenvalue weighted by Crippen LogP contribution is 2.01. The third kappa shape index (κ3) is 7.91. The number of rotatable bonds is 8. The summed E-state index contributed by atoms with van der Waals surface area (Å²) in [5.41, 5.74) is 0.687. The number of unbranched alkanes of at least 4 members (excludes halogenated alkanes) is 3. The minimum Gasteiger partial charge on any atom is -0.356 e. The van der Waals surface area contributed by atoms with Gasteiger partial charge in [0.2, 0.25) is 5.91 Å². The first-order valence-electron chi connectivity index (χ1n) is 7.40. The number of guanidine groups is 1. The Balaban J connectivity index is 2.20. The summed E-state index contributed by atoms with van der Waals surface area (Å²) >= 11 is 0. The van der Waals surface area contributed by atoms with Crippen LogP contribution in [0.15, 0.2) is 29.5 Å². The Morgan fingerprint density at radius 2 is 2.14 bits per heavy atom. The Hall–Kier alpha value is -2.11. The highest BCUT2D eigenvalue weighted by molar-refractivity contribution is 5.94. The number of carbonyl (C=O) groups excluding carboxylic acids is 1. The molecule has 0 saturated carbocycles. The maximum absolute atomic E-state index is 11.8. The quantitative estimate of drug-likeness (QED) is 0.387. The van der Waals surface area contributed by atoms with Crippen molar-refractivity contribution in [1.82, 2.24) is 15.6 Å². The number of aromatic nitrogens is 1. The molecule has 1 heterocycles. The number of carbonyl (C=O) groups is 1. The van der Waals surface area contributed by atoms with Crippen molar-refractivity contribution in [2.45, 2.75) is 32.6 Å². The molecule has 6 heteroatoms. The van der Waals surface area contributed by atoms with E-state index in [9.17, 15) is 4.79 Å². The highest BCUT2D eigenvalue weighted by Gasteiger charge is 2.03. The normalized spacial score (nSPS) is 11.0. The van der Waals surface area contributed by atoms with Crippen LogP contribution >= 0.6 is 0 Å². The van der Waals surface area contributed by atoms with Gasteiger partial charge in [0.15, 0.2) is 5.96 Å². The summed E-state index contributed by atoms with van der Waals surface area (Å²) in [6.07, 6.45) is 8.07. The minimum absolute atomic E-state index is 0.128. The second-order valence-electron chi connectivity index (χ2n) is 4.70. The van der Waals surface area contributed by atoms with Crippen LogP contribution in [0.5, 0.6) is 0 Å². The molecule has 3 N–H and O–H groups in total. The number of anilines is 1. The fraction of sp³-hybridized carbons (Fsp3) is 0.533. The lowest BCUT2D eigenvalue weighted by Gasteiger charge is -2.11. The standard InChI is InChI=1S/C15H25N5O/c1-3-4-5-6-10-18-15(16-2)19-12-14(21)20-13-8-7-9-17-11-13/h7-9,11H,3-6,10,12H2,1-2H3,(H,20,21)(H2,16,18,19). The Morgan fingerprint density at radius 1 is 1.29 bits per heavy atom. The highest BCUT2D eigenvalue weighted by atomic mass is 16.1.